The molecule has 0 aliphatic heterocycles. The van der Waals surface area contributed by atoms with E-state index < -0.39 is 0 Å². The quantitative estimate of drug-likeness (QED) is 0.821. The number of rotatable bonds is 7. The Bertz CT molecular complexity index is 409. The molecular weight excluding hydrogens is 245 g/mol. The highest BCUT2D eigenvalue weighted by molar-refractivity contribution is 5.44. The SMILES string of the molecule is CCCC(C)C(NC)c1cc(OC)c(OC)cc1F. The van der Waals surface area contributed by atoms with Crippen LogP contribution in [0.25, 0.3) is 0 Å². The fourth-order valence-corrected chi connectivity index (χ4v) is 2.48. The molecule has 108 valence electrons. The van der Waals surface area contributed by atoms with Crippen LogP contribution in [0.15, 0.2) is 12.1 Å². The van der Waals surface area contributed by atoms with Crippen LogP contribution in [0, 0.1) is 11.7 Å². The topological polar surface area (TPSA) is 30.5 Å². The van der Waals surface area contributed by atoms with E-state index in [0.29, 0.717) is 23.0 Å². The molecule has 2 atom stereocenters. The second kappa shape index (κ2) is 7.34. The van der Waals surface area contributed by atoms with Crippen molar-refractivity contribution in [3.05, 3.63) is 23.5 Å². The average Bonchev–Trinajstić information content (AvgIpc) is 2.41. The van der Waals surface area contributed by atoms with Crippen molar-refractivity contribution in [2.75, 3.05) is 21.3 Å². The summed E-state index contributed by atoms with van der Waals surface area (Å²) in [5, 5.41) is 3.20. The van der Waals surface area contributed by atoms with Gasteiger partial charge in [0.15, 0.2) is 11.5 Å². The third-order valence-corrected chi connectivity index (χ3v) is 3.46. The summed E-state index contributed by atoms with van der Waals surface area (Å²) >= 11 is 0. The molecule has 1 rings (SSSR count). The van der Waals surface area contributed by atoms with Crippen molar-refractivity contribution in [3.63, 3.8) is 0 Å². The fraction of sp³-hybridized carbons (Fsp3) is 0.600. The Hall–Kier alpha value is -1.29. The molecule has 0 aliphatic carbocycles. The second-order valence-corrected chi connectivity index (χ2v) is 4.76. The average molecular weight is 269 g/mol. The maximum Gasteiger partial charge on any atom is 0.163 e. The van der Waals surface area contributed by atoms with Crippen molar-refractivity contribution in [2.24, 2.45) is 5.92 Å². The maximum atomic E-state index is 14.2. The summed E-state index contributed by atoms with van der Waals surface area (Å²) in [5.41, 5.74) is 0.626. The van der Waals surface area contributed by atoms with Gasteiger partial charge in [0, 0.05) is 17.7 Å². The van der Waals surface area contributed by atoms with Gasteiger partial charge < -0.3 is 14.8 Å². The number of hydrogen-bond acceptors (Lipinski definition) is 3. The maximum absolute atomic E-state index is 14.2. The molecule has 0 aliphatic rings. The van der Waals surface area contributed by atoms with E-state index in [0.717, 1.165) is 12.8 Å². The van der Waals surface area contributed by atoms with Crippen molar-refractivity contribution >= 4 is 0 Å². The molecule has 0 radical (unpaired) electrons. The van der Waals surface area contributed by atoms with E-state index >= 15 is 0 Å². The van der Waals surface area contributed by atoms with Gasteiger partial charge in [-0.25, -0.2) is 4.39 Å². The van der Waals surface area contributed by atoms with Gasteiger partial charge in [0.05, 0.1) is 14.2 Å². The zero-order chi connectivity index (χ0) is 14.4. The van der Waals surface area contributed by atoms with Crippen molar-refractivity contribution in [1.82, 2.24) is 5.32 Å². The third-order valence-electron chi connectivity index (χ3n) is 3.46. The molecule has 0 aromatic heterocycles. The van der Waals surface area contributed by atoms with E-state index in [9.17, 15) is 4.39 Å². The lowest BCUT2D eigenvalue weighted by molar-refractivity contribution is 0.342. The Balaban J connectivity index is 3.16. The van der Waals surface area contributed by atoms with Crippen LogP contribution in [-0.4, -0.2) is 21.3 Å². The van der Waals surface area contributed by atoms with Crippen molar-refractivity contribution in [1.29, 1.82) is 0 Å². The molecule has 19 heavy (non-hydrogen) atoms. The summed E-state index contributed by atoms with van der Waals surface area (Å²) in [6.45, 7) is 4.26. The molecule has 0 amide bonds. The lowest BCUT2D eigenvalue weighted by Crippen LogP contribution is -2.24. The molecule has 1 aromatic rings. The minimum Gasteiger partial charge on any atom is -0.493 e. The monoisotopic (exact) mass is 269 g/mol. The predicted molar refractivity (Wildman–Crippen MR) is 75.4 cm³/mol. The summed E-state index contributed by atoms with van der Waals surface area (Å²) in [6.07, 6.45) is 2.12. The molecule has 0 spiro atoms. The van der Waals surface area contributed by atoms with E-state index in [1.807, 2.05) is 7.05 Å². The molecule has 0 saturated carbocycles. The molecule has 3 nitrogen and oxygen atoms in total. The van der Waals surface area contributed by atoms with Gasteiger partial charge in [-0.05, 0) is 25.5 Å². The summed E-state index contributed by atoms with van der Waals surface area (Å²) in [6, 6.07) is 3.08. The molecule has 4 heteroatoms. The van der Waals surface area contributed by atoms with Crippen LogP contribution < -0.4 is 14.8 Å². The molecule has 0 heterocycles. The van der Waals surface area contributed by atoms with Gasteiger partial charge in [-0.3, -0.25) is 0 Å². The molecule has 1 N–H and O–H groups in total. The van der Waals surface area contributed by atoms with Crippen LogP contribution in [0.2, 0.25) is 0 Å². The first-order valence-corrected chi connectivity index (χ1v) is 6.67. The minimum atomic E-state index is -0.264. The van der Waals surface area contributed by atoms with E-state index in [1.165, 1.54) is 13.2 Å². The highest BCUT2D eigenvalue weighted by atomic mass is 19.1. The number of halogens is 1. The van der Waals surface area contributed by atoms with E-state index in [4.69, 9.17) is 9.47 Å². The molecule has 1 aromatic carbocycles. The Morgan fingerprint density at radius 3 is 2.26 bits per heavy atom. The van der Waals surface area contributed by atoms with Crippen molar-refractivity contribution in [2.45, 2.75) is 32.7 Å². The predicted octanol–water partition coefficient (Wildman–Crippen LogP) is 3.54. The smallest absolute Gasteiger partial charge is 0.163 e. The zero-order valence-corrected chi connectivity index (χ0v) is 12.4. The standard InChI is InChI=1S/C15H24FNO2/c1-6-7-10(2)15(17-3)11-8-13(18-4)14(19-5)9-12(11)16/h8-10,15,17H,6-7H2,1-5H3. The van der Waals surface area contributed by atoms with Gasteiger partial charge in [0.25, 0.3) is 0 Å². The first-order valence-electron chi connectivity index (χ1n) is 6.67. The molecule has 2 unspecified atom stereocenters. The summed E-state index contributed by atoms with van der Waals surface area (Å²) < 4.78 is 24.6. The Morgan fingerprint density at radius 1 is 1.21 bits per heavy atom. The van der Waals surface area contributed by atoms with Crippen molar-refractivity contribution < 1.29 is 13.9 Å². The Labute approximate surface area is 115 Å². The van der Waals surface area contributed by atoms with Crippen LogP contribution >= 0.6 is 0 Å². The first-order chi connectivity index (χ1) is 9.08. The minimum absolute atomic E-state index is 0.0280. The summed E-state index contributed by atoms with van der Waals surface area (Å²) in [5.74, 6) is 1.06. The molecule has 0 bridgehead atoms. The van der Waals surface area contributed by atoms with Gasteiger partial charge in [0.2, 0.25) is 0 Å². The van der Waals surface area contributed by atoms with Crippen LogP contribution in [0.5, 0.6) is 11.5 Å². The number of methoxy groups -OCH3 is 2. The Morgan fingerprint density at radius 2 is 1.79 bits per heavy atom. The first kappa shape index (κ1) is 15.8. The van der Waals surface area contributed by atoms with Gasteiger partial charge >= 0.3 is 0 Å². The van der Waals surface area contributed by atoms with E-state index in [2.05, 4.69) is 19.2 Å². The highest BCUT2D eigenvalue weighted by Gasteiger charge is 2.22. The zero-order valence-electron chi connectivity index (χ0n) is 12.4. The van der Waals surface area contributed by atoms with Crippen LogP contribution in [0.1, 0.15) is 38.3 Å². The largest absolute Gasteiger partial charge is 0.493 e. The highest BCUT2D eigenvalue weighted by Crippen LogP contribution is 2.35. The van der Waals surface area contributed by atoms with Gasteiger partial charge in [-0.1, -0.05) is 20.3 Å². The molecular formula is C15H24FNO2. The fourth-order valence-electron chi connectivity index (χ4n) is 2.48. The number of ether oxygens (including phenoxy) is 2. The van der Waals surface area contributed by atoms with Crippen LogP contribution in [-0.2, 0) is 0 Å². The van der Waals surface area contributed by atoms with Gasteiger partial charge in [0.1, 0.15) is 5.82 Å². The lowest BCUT2D eigenvalue weighted by atomic mass is 9.90. The number of benzene rings is 1. The van der Waals surface area contributed by atoms with Crippen LogP contribution in [0.4, 0.5) is 4.39 Å². The van der Waals surface area contributed by atoms with Gasteiger partial charge in [-0.2, -0.15) is 0 Å². The van der Waals surface area contributed by atoms with Crippen LogP contribution in [0.3, 0.4) is 0 Å². The number of hydrogen-bond donors (Lipinski definition) is 1. The summed E-state index contributed by atoms with van der Waals surface area (Å²) in [7, 11) is 4.92. The molecule has 0 fully saturated rings. The van der Waals surface area contributed by atoms with Gasteiger partial charge in [-0.15, -0.1) is 0 Å². The Kier molecular flexibility index (Phi) is 6.09. The van der Waals surface area contributed by atoms with E-state index in [-0.39, 0.29) is 11.9 Å². The second-order valence-electron chi connectivity index (χ2n) is 4.76. The molecule has 0 saturated heterocycles. The third kappa shape index (κ3) is 3.60. The summed E-state index contributed by atoms with van der Waals surface area (Å²) in [4.78, 5) is 0. The van der Waals surface area contributed by atoms with E-state index in [1.54, 1.807) is 13.2 Å². The number of nitrogens with one attached hydrogen (secondary N) is 1. The lowest BCUT2D eigenvalue weighted by Gasteiger charge is -2.25. The van der Waals surface area contributed by atoms with Crippen molar-refractivity contribution in [3.8, 4) is 11.5 Å². The normalized spacial score (nSPS) is 14.0.